The third-order valence-corrected chi connectivity index (χ3v) is 20.0. The molecule has 0 N–H and O–H groups in total. The number of hydrogen-bond donors (Lipinski definition) is 0. The topological polar surface area (TPSA) is 0 Å². The SMILES string of the molecule is C1CCC(C2CCC(C(C3CCC(C4CCCCC4)CC3)C3CCC(C4CCC5C(C4)C4CCCCC4C5C4CCCCC4)CC3)CC2)CC1. The predicted molar refractivity (Wildman–Crippen MR) is 213 cm³/mol. The molecule has 9 saturated carbocycles. The van der Waals surface area contributed by atoms with Crippen LogP contribution in [0.25, 0.3) is 0 Å². The van der Waals surface area contributed by atoms with Crippen LogP contribution < -0.4 is 0 Å². The molecule has 0 bridgehead atoms. The molecule has 0 aromatic carbocycles. The van der Waals surface area contributed by atoms with E-state index in [9.17, 15) is 0 Å². The standard InChI is InChI=1S/C50H84/c1-4-12-35(13-5-1)37-20-26-41(27-21-37)49(42-28-22-38(23-29-42)36-14-6-2-7-15-36)43-30-24-39(25-31-43)44-32-33-47-48(34-44)45-18-10-11-19-46(45)50(47)40-16-8-3-9-17-40/h35-50H,1-34H2. The summed E-state index contributed by atoms with van der Waals surface area (Å²) in [7, 11) is 0. The van der Waals surface area contributed by atoms with E-state index in [1.807, 2.05) is 0 Å². The van der Waals surface area contributed by atoms with Gasteiger partial charge in [-0.3, -0.25) is 0 Å². The van der Waals surface area contributed by atoms with Gasteiger partial charge in [-0.05, 0) is 204 Å². The lowest BCUT2D eigenvalue weighted by molar-refractivity contribution is 0.0146. The van der Waals surface area contributed by atoms with Gasteiger partial charge in [0.05, 0.1) is 0 Å². The molecule has 0 aromatic rings. The molecule has 9 aliphatic rings. The van der Waals surface area contributed by atoms with E-state index in [0.29, 0.717) is 0 Å². The van der Waals surface area contributed by atoms with Crippen LogP contribution in [0.15, 0.2) is 0 Å². The second kappa shape index (κ2) is 16.8. The number of rotatable bonds is 7. The fraction of sp³-hybridized carbons (Fsp3) is 1.00. The van der Waals surface area contributed by atoms with E-state index in [1.54, 1.807) is 205 Å². The Bertz CT molecular complexity index is 963. The Morgan fingerprint density at radius 3 is 1.04 bits per heavy atom. The minimum absolute atomic E-state index is 1.10. The van der Waals surface area contributed by atoms with Gasteiger partial charge in [-0.15, -0.1) is 0 Å². The molecule has 50 heavy (non-hydrogen) atoms. The predicted octanol–water partition coefficient (Wildman–Crippen LogP) is 15.2. The van der Waals surface area contributed by atoms with E-state index in [0.717, 1.165) is 94.7 Å². The molecule has 0 aromatic heterocycles. The Morgan fingerprint density at radius 2 is 0.560 bits per heavy atom. The average molecular weight is 685 g/mol. The van der Waals surface area contributed by atoms with Crippen molar-refractivity contribution < 1.29 is 0 Å². The Balaban J connectivity index is 0.837. The largest absolute Gasteiger partial charge is 0.0533 e. The molecular weight excluding hydrogens is 601 g/mol. The highest BCUT2D eigenvalue weighted by Gasteiger charge is 2.55. The molecule has 0 nitrogen and oxygen atoms in total. The van der Waals surface area contributed by atoms with E-state index in [4.69, 9.17) is 0 Å². The van der Waals surface area contributed by atoms with Crippen LogP contribution in [0.1, 0.15) is 218 Å². The van der Waals surface area contributed by atoms with E-state index >= 15 is 0 Å². The van der Waals surface area contributed by atoms with Crippen molar-refractivity contribution in [1.29, 1.82) is 0 Å². The van der Waals surface area contributed by atoms with E-state index in [2.05, 4.69) is 0 Å². The molecule has 6 atom stereocenters. The summed E-state index contributed by atoms with van der Waals surface area (Å²) >= 11 is 0. The summed E-state index contributed by atoms with van der Waals surface area (Å²) in [5.41, 5.74) is 0. The van der Waals surface area contributed by atoms with E-state index in [-0.39, 0.29) is 0 Å². The summed E-state index contributed by atoms with van der Waals surface area (Å²) in [5, 5.41) is 0. The quantitative estimate of drug-likeness (QED) is 0.250. The summed E-state index contributed by atoms with van der Waals surface area (Å²) in [4.78, 5) is 0. The minimum atomic E-state index is 1.10. The molecule has 6 unspecified atom stereocenters. The van der Waals surface area contributed by atoms with Gasteiger partial charge in [-0.1, -0.05) is 109 Å². The van der Waals surface area contributed by atoms with Gasteiger partial charge in [0.1, 0.15) is 0 Å². The maximum absolute atomic E-state index is 1.68. The molecule has 0 heterocycles. The van der Waals surface area contributed by atoms with Crippen LogP contribution in [0, 0.1) is 94.7 Å². The monoisotopic (exact) mass is 685 g/mol. The first-order chi connectivity index (χ1) is 24.8. The van der Waals surface area contributed by atoms with Gasteiger partial charge in [0.15, 0.2) is 0 Å². The van der Waals surface area contributed by atoms with Crippen molar-refractivity contribution in [2.45, 2.75) is 218 Å². The van der Waals surface area contributed by atoms with Crippen molar-refractivity contribution in [3.05, 3.63) is 0 Å². The van der Waals surface area contributed by atoms with Gasteiger partial charge < -0.3 is 0 Å². The lowest BCUT2D eigenvalue weighted by atomic mass is 9.57. The van der Waals surface area contributed by atoms with Crippen LogP contribution in [-0.2, 0) is 0 Å². The average Bonchev–Trinajstić information content (AvgIpc) is 3.53. The van der Waals surface area contributed by atoms with Gasteiger partial charge >= 0.3 is 0 Å². The minimum Gasteiger partial charge on any atom is -0.0533 e. The first-order valence-corrected chi connectivity index (χ1v) is 24.8. The van der Waals surface area contributed by atoms with Crippen molar-refractivity contribution in [3.8, 4) is 0 Å². The molecule has 0 heteroatoms. The Labute approximate surface area is 312 Å². The van der Waals surface area contributed by atoms with E-state index < -0.39 is 0 Å². The van der Waals surface area contributed by atoms with Crippen LogP contribution >= 0.6 is 0 Å². The molecule has 9 rings (SSSR count). The van der Waals surface area contributed by atoms with Gasteiger partial charge in [-0.2, -0.15) is 0 Å². The van der Waals surface area contributed by atoms with Crippen LogP contribution in [0.3, 0.4) is 0 Å². The molecule has 0 aliphatic heterocycles. The van der Waals surface area contributed by atoms with Gasteiger partial charge in [0, 0.05) is 0 Å². The maximum Gasteiger partial charge on any atom is -0.0324 e. The third kappa shape index (κ3) is 7.62. The molecule has 9 fully saturated rings. The first-order valence-electron chi connectivity index (χ1n) is 24.8. The number of fused-ring (bicyclic) bond motifs is 3. The molecule has 0 radical (unpaired) electrons. The summed E-state index contributed by atoms with van der Waals surface area (Å²) in [6.45, 7) is 0. The second-order valence-corrected chi connectivity index (χ2v) is 21.9. The van der Waals surface area contributed by atoms with Crippen LogP contribution in [0.2, 0.25) is 0 Å². The molecule has 9 aliphatic carbocycles. The van der Waals surface area contributed by atoms with Crippen molar-refractivity contribution in [3.63, 3.8) is 0 Å². The third-order valence-electron chi connectivity index (χ3n) is 20.0. The Hall–Kier alpha value is 0. The van der Waals surface area contributed by atoms with Gasteiger partial charge in [0.2, 0.25) is 0 Å². The van der Waals surface area contributed by atoms with E-state index in [1.165, 1.54) is 12.8 Å². The zero-order valence-electron chi connectivity index (χ0n) is 33.3. The molecular formula is C50H84. The van der Waals surface area contributed by atoms with Crippen molar-refractivity contribution in [1.82, 2.24) is 0 Å². The normalized spacial score (nSPS) is 46.6. The maximum atomic E-state index is 1.68. The smallest absolute Gasteiger partial charge is 0.0324 e. The lowest BCUT2D eigenvalue weighted by Crippen LogP contribution is -2.39. The highest BCUT2D eigenvalue weighted by atomic mass is 14.6. The van der Waals surface area contributed by atoms with Crippen LogP contribution in [-0.4, -0.2) is 0 Å². The van der Waals surface area contributed by atoms with Crippen LogP contribution in [0.5, 0.6) is 0 Å². The zero-order chi connectivity index (χ0) is 33.3. The second-order valence-electron chi connectivity index (χ2n) is 21.9. The Morgan fingerprint density at radius 1 is 0.220 bits per heavy atom. The molecule has 0 saturated heterocycles. The first kappa shape index (κ1) is 35.7. The lowest BCUT2D eigenvalue weighted by Gasteiger charge is -2.49. The summed E-state index contributed by atoms with van der Waals surface area (Å²) in [6, 6.07) is 0. The summed E-state index contributed by atoms with van der Waals surface area (Å²) in [5.74, 6) is 17.9. The fourth-order valence-corrected chi connectivity index (χ4v) is 17.8. The van der Waals surface area contributed by atoms with Crippen molar-refractivity contribution in [2.24, 2.45) is 94.7 Å². The fourth-order valence-electron chi connectivity index (χ4n) is 17.8. The summed E-state index contributed by atoms with van der Waals surface area (Å²) in [6.07, 6.45) is 54.4. The highest BCUT2D eigenvalue weighted by Crippen LogP contribution is 2.63. The summed E-state index contributed by atoms with van der Waals surface area (Å²) < 4.78 is 0. The molecule has 284 valence electrons. The van der Waals surface area contributed by atoms with Crippen LogP contribution in [0.4, 0.5) is 0 Å². The van der Waals surface area contributed by atoms with Gasteiger partial charge in [-0.25, -0.2) is 0 Å². The zero-order valence-corrected chi connectivity index (χ0v) is 33.3. The number of hydrogen-bond acceptors (Lipinski definition) is 0. The van der Waals surface area contributed by atoms with Gasteiger partial charge in [0.25, 0.3) is 0 Å². The highest BCUT2D eigenvalue weighted by molar-refractivity contribution is 5.04. The molecule has 0 amide bonds. The Kier molecular flexibility index (Phi) is 12.0. The van der Waals surface area contributed by atoms with Crippen molar-refractivity contribution in [2.75, 3.05) is 0 Å². The van der Waals surface area contributed by atoms with Crippen molar-refractivity contribution >= 4 is 0 Å². The molecule has 0 spiro atoms.